The molecule has 0 aliphatic carbocycles. The van der Waals surface area contributed by atoms with Crippen LogP contribution in [0.4, 0.5) is 0 Å². The molecule has 0 bridgehead atoms. The SMILES string of the molecule is CCC(CC)(CN)NS(=O)(=O)N1CCc2ccccc2C1. The van der Waals surface area contributed by atoms with Gasteiger partial charge in [0.05, 0.1) is 0 Å². The third-order valence-electron chi connectivity index (χ3n) is 4.53. The van der Waals surface area contributed by atoms with Crippen molar-refractivity contribution in [3.05, 3.63) is 35.4 Å². The third-order valence-corrected chi connectivity index (χ3v) is 6.21. The van der Waals surface area contributed by atoms with Gasteiger partial charge in [0.2, 0.25) is 0 Å². The van der Waals surface area contributed by atoms with Crippen LogP contribution in [0.15, 0.2) is 24.3 Å². The molecule has 1 aliphatic rings. The summed E-state index contributed by atoms with van der Waals surface area (Å²) in [4.78, 5) is 0. The van der Waals surface area contributed by atoms with Crippen molar-refractivity contribution in [3.8, 4) is 0 Å². The minimum atomic E-state index is -3.52. The molecule has 0 radical (unpaired) electrons. The largest absolute Gasteiger partial charge is 0.329 e. The van der Waals surface area contributed by atoms with Gasteiger partial charge >= 0.3 is 0 Å². The molecule has 118 valence electrons. The molecule has 1 heterocycles. The van der Waals surface area contributed by atoms with Gasteiger partial charge in [0.15, 0.2) is 0 Å². The van der Waals surface area contributed by atoms with Gasteiger partial charge in [0, 0.05) is 25.2 Å². The van der Waals surface area contributed by atoms with Crippen LogP contribution in [0.25, 0.3) is 0 Å². The van der Waals surface area contributed by atoms with E-state index in [1.54, 1.807) is 0 Å². The molecular weight excluding hydrogens is 286 g/mol. The highest BCUT2D eigenvalue weighted by atomic mass is 32.2. The molecule has 0 atom stereocenters. The number of benzene rings is 1. The van der Waals surface area contributed by atoms with E-state index in [2.05, 4.69) is 10.8 Å². The Hall–Kier alpha value is -0.950. The number of nitrogens with zero attached hydrogens (tertiary/aromatic N) is 1. The van der Waals surface area contributed by atoms with Gasteiger partial charge in [-0.3, -0.25) is 0 Å². The van der Waals surface area contributed by atoms with Crippen LogP contribution in [0, 0.1) is 0 Å². The van der Waals surface area contributed by atoms with E-state index in [4.69, 9.17) is 5.73 Å². The maximum atomic E-state index is 12.6. The number of nitrogens with two attached hydrogens (primary N) is 1. The van der Waals surface area contributed by atoms with Gasteiger partial charge in [-0.15, -0.1) is 0 Å². The molecule has 1 aromatic rings. The van der Waals surface area contributed by atoms with Crippen LogP contribution in [0.5, 0.6) is 0 Å². The highest BCUT2D eigenvalue weighted by molar-refractivity contribution is 7.87. The molecule has 0 saturated carbocycles. The van der Waals surface area contributed by atoms with Crippen molar-refractivity contribution in [2.24, 2.45) is 5.73 Å². The standard InChI is InChI=1S/C15H25N3O2S/c1-3-15(4-2,12-16)17-21(19,20)18-10-9-13-7-5-6-8-14(13)11-18/h5-8,17H,3-4,9-12,16H2,1-2H3. The van der Waals surface area contributed by atoms with Crippen molar-refractivity contribution in [1.82, 2.24) is 9.03 Å². The van der Waals surface area contributed by atoms with Crippen LogP contribution in [0.2, 0.25) is 0 Å². The first kappa shape index (κ1) is 16.4. The summed E-state index contributed by atoms with van der Waals surface area (Å²) in [5, 5.41) is 0. The highest BCUT2D eigenvalue weighted by Crippen LogP contribution is 2.22. The van der Waals surface area contributed by atoms with Crippen LogP contribution >= 0.6 is 0 Å². The summed E-state index contributed by atoms with van der Waals surface area (Å²) in [6, 6.07) is 8.00. The Kier molecular flexibility index (Phi) is 5.03. The number of nitrogens with one attached hydrogen (secondary N) is 1. The molecule has 21 heavy (non-hydrogen) atoms. The second kappa shape index (κ2) is 6.44. The molecule has 0 fully saturated rings. The van der Waals surface area contributed by atoms with E-state index in [9.17, 15) is 8.42 Å². The Balaban J connectivity index is 2.18. The summed E-state index contributed by atoms with van der Waals surface area (Å²) >= 11 is 0. The van der Waals surface area contributed by atoms with Crippen molar-refractivity contribution in [3.63, 3.8) is 0 Å². The summed E-state index contributed by atoms with van der Waals surface area (Å²) < 4.78 is 29.6. The lowest BCUT2D eigenvalue weighted by Crippen LogP contribution is -2.57. The third kappa shape index (κ3) is 3.45. The quantitative estimate of drug-likeness (QED) is 0.834. The smallest absolute Gasteiger partial charge is 0.280 e. The molecule has 0 saturated heterocycles. The van der Waals surface area contributed by atoms with Crippen molar-refractivity contribution >= 4 is 10.2 Å². The Morgan fingerprint density at radius 3 is 2.43 bits per heavy atom. The van der Waals surface area contributed by atoms with Gasteiger partial charge in [-0.2, -0.15) is 17.4 Å². The minimum Gasteiger partial charge on any atom is -0.329 e. The van der Waals surface area contributed by atoms with Crippen LogP contribution in [0.3, 0.4) is 0 Å². The molecule has 0 spiro atoms. The zero-order valence-corrected chi connectivity index (χ0v) is 13.6. The topological polar surface area (TPSA) is 75.4 Å². The second-order valence-electron chi connectivity index (χ2n) is 5.65. The molecule has 0 aromatic heterocycles. The summed E-state index contributed by atoms with van der Waals surface area (Å²) in [7, 11) is -3.52. The highest BCUT2D eigenvalue weighted by Gasteiger charge is 2.34. The Morgan fingerprint density at radius 1 is 1.24 bits per heavy atom. The van der Waals surface area contributed by atoms with Crippen LogP contribution in [-0.2, 0) is 23.2 Å². The molecular formula is C15H25N3O2S. The molecule has 5 nitrogen and oxygen atoms in total. The number of hydrogen-bond acceptors (Lipinski definition) is 3. The van der Waals surface area contributed by atoms with E-state index in [1.165, 1.54) is 9.87 Å². The van der Waals surface area contributed by atoms with E-state index in [0.29, 0.717) is 32.5 Å². The lowest BCUT2D eigenvalue weighted by molar-refractivity contribution is 0.328. The fourth-order valence-corrected chi connectivity index (χ4v) is 4.43. The molecule has 0 unspecified atom stereocenters. The first-order valence-electron chi connectivity index (χ1n) is 7.52. The fraction of sp³-hybridized carbons (Fsp3) is 0.600. The average molecular weight is 311 g/mol. The molecule has 6 heteroatoms. The lowest BCUT2D eigenvalue weighted by atomic mass is 9.95. The predicted molar refractivity (Wildman–Crippen MR) is 85.0 cm³/mol. The molecule has 0 amide bonds. The summed E-state index contributed by atoms with van der Waals surface area (Å²) in [6.45, 7) is 5.18. The maximum absolute atomic E-state index is 12.6. The van der Waals surface area contributed by atoms with Crippen LogP contribution in [0.1, 0.15) is 37.8 Å². The van der Waals surface area contributed by atoms with E-state index < -0.39 is 15.7 Å². The van der Waals surface area contributed by atoms with Gasteiger partial charge in [-0.25, -0.2) is 0 Å². The van der Waals surface area contributed by atoms with E-state index in [-0.39, 0.29) is 0 Å². The number of fused-ring (bicyclic) bond motifs is 1. The van der Waals surface area contributed by atoms with Crippen molar-refractivity contribution in [2.75, 3.05) is 13.1 Å². The minimum absolute atomic E-state index is 0.309. The van der Waals surface area contributed by atoms with Gasteiger partial charge in [-0.05, 0) is 30.4 Å². The van der Waals surface area contributed by atoms with Gasteiger partial charge in [0.25, 0.3) is 10.2 Å². The first-order valence-corrected chi connectivity index (χ1v) is 8.96. The summed E-state index contributed by atoms with van der Waals surface area (Å²) in [6.07, 6.45) is 2.12. The summed E-state index contributed by atoms with van der Waals surface area (Å²) in [5.74, 6) is 0. The Morgan fingerprint density at radius 2 is 1.86 bits per heavy atom. The molecule has 1 aromatic carbocycles. The van der Waals surface area contributed by atoms with Crippen LogP contribution < -0.4 is 10.5 Å². The van der Waals surface area contributed by atoms with Crippen molar-refractivity contribution in [1.29, 1.82) is 0 Å². The Bertz CT molecular complexity index is 574. The second-order valence-corrected chi connectivity index (χ2v) is 7.32. The van der Waals surface area contributed by atoms with Crippen LogP contribution in [-0.4, -0.2) is 31.4 Å². The van der Waals surface area contributed by atoms with Gasteiger partial charge in [0.1, 0.15) is 0 Å². The zero-order chi connectivity index (χ0) is 15.5. The first-order chi connectivity index (χ1) is 9.96. The lowest BCUT2D eigenvalue weighted by Gasteiger charge is -2.35. The van der Waals surface area contributed by atoms with E-state index >= 15 is 0 Å². The predicted octanol–water partition coefficient (Wildman–Crippen LogP) is 1.40. The van der Waals surface area contributed by atoms with E-state index in [1.807, 2.05) is 32.0 Å². The van der Waals surface area contributed by atoms with E-state index in [0.717, 1.165) is 12.0 Å². The zero-order valence-electron chi connectivity index (χ0n) is 12.8. The van der Waals surface area contributed by atoms with Gasteiger partial charge < -0.3 is 5.73 Å². The fourth-order valence-electron chi connectivity index (χ4n) is 2.74. The van der Waals surface area contributed by atoms with Gasteiger partial charge in [-0.1, -0.05) is 38.1 Å². The van der Waals surface area contributed by atoms with Crippen molar-refractivity contribution in [2.45, 2.75) is 45.2 Å². The van der Waals surface area contributed by atoms with Crippen molar-refractivity contribution < 1.29 is 8.42 Å². The maximum Gasteiger partial charge on any atom is 0.280 e. The monoisotopic (exact) mass is 311 g/mol. The average Bonchev–Trinajstić information content (AvgIpc) is 2.52. The normalized spacial score (nSPS) is 16.7. The molecule has 3 N–H and O–H groups in total. The number of hydrogen-bond donors (Lipinski definition) is 2. The Labute approximate surface area is 127 Å². The molecule has 2 rings (SSSR count). The summed E-state index contributed by atoms with van der Waals surface area (Å²) in [5.41, 5.74) is 7.57. The number of rotatable bonds is 6. The molecule has 1 aliphatic heterocycles.